The van der Waals surface area contributed by atoms with E-state index in [1.54, 1.807) is 12.3 Å². The van der Waals surface area contributed by atoms with Gasteiger partial charge in [0.05, 0.1) is 0 Å². The average molecular weight is 267 g/mol. The molecule has 0 aliphatic carbocycles. The molecule has 100 valence electrons. The van der Waals surface area contributed by atoms with Crippen LogP contribution in [0.1, 0.15) is 5.56 Å². The van der Waals surface area contributed by atoms with Crippen molar-refractivity contribution in [3.8, 4) is 23.0 Å². The molecule has 2 heterocycles. The Morgan fingerprint density at radius 3 is 2.85 bits per heavy atom. The van der Waals surface area contributed by atoms with Gasteiger partial charge in [-0.1, -0.05) is 23.4 Å². The van der Waals surface area contributed by atoms with Gasteiger partial charge in [0.25, 0.3) is 5.89 Å². The number of aromatic nitrogens is 4. The normalized spacial score (nSPS) is 10.7. The Morgan fingerprint density at radius 1 is 1.15 bits per heavy atom. The largest absolute Gasteiger partial charge is 0.334 e. The van der Waals surface area contributed by atoms with Gasteiger partial charge in [-0.15, -0.1) is 0 Å². The number of benzene rings is 1. The number of nitrogens with two attached hydrogens (primary N) is 1. The maximum atomic E-state index is 5.62. The van der Waals surface area contributed by atoms with Crippen molar-refractivity contribution in [2.45, 2.75) is 6.42 Å². The highest BCUT2D eigenvalue weighted by molar-refractivity contribution is 5.61. The average Bonchev–Trinajstić information content (AvgIpc) is 2.99. The molecule has 6 heteroatoms. The first kappa shape index (κ1) is 12.4. The number of hydrogen-bond acceptors (Lipinski definition) is 6. The van der Waals surface area contributed by atoms with Crippen LogP contribution in [0.15, 0.2) is 47.4 Å². The van der Waals surface area contributed by atoms with Crippen LogP contribution in [0.4, 0.5) is 0 Å². The standard InChI is InChI=1S/C14H13N5O/c15-7-5-10-3-1-2-4-11(10)14-18-13(19-20-14)12-6-8-16-9-17-12/h1-4,6,8-9H,5,7,15H2. The van der Waals surface area contributed by atoms with Crippen LogP contribution < -0.4 is 5.73 Å². The third kappa shape index (κ3) is 2.41. The van der Waals surface area contributed by atoms with E-state index in [9.17, 15) is 0 Å². The van der Waals surface area contributed by atoms with Crippen LogP contribution in [0.25, 0.3) is 23.0 Å². The van der Waals surface area contributed by atoms with Crippen molar-refractivity contribution in [3.05, 3.63) is 48.4 Å². The van der Waals surface area contributed by atoms with E-state index in [1.807, 2.05) is 24.3 Å². The predicted molar refractivity (Wildman–Crippen MR) is 73.5 cm³/mol. The van der Waals surface area contributed by atoms with E-state index in [-0.39, 0.29) is 0 Å². The zero-order chi connectivity index (χ0) is 13.8. The molecule has 0 saturated heterocycles. The molecule has 0 radical (unpaired) electrons. The van der Waals surface area contributed by atoms with Crippen molar-refractivity contribution in [1.82, 2.24) is 20.1 Å². The molecule has 3 rings (SSSR count). The fourth-order valence-electron chi connectivity index (χ4n) is 1.96. The van der Waals surface area contributed by atoms with Gasteiger partial charge in [-0.05, 0) is 30.7 Å². The molecule has 0 unspecified atom stereocenters. The van der Waals surface area contributed by atoms with Gasteiger partial charge in [-0.2, -0.15) is 4.98 Å². The van der Waals surface area contributed by atoms with Gasteiger partial charge in [0.15, 0.2) is 0 Å². The predicted octanol–water partition coefficient (Wildman–Crippen LogP) is 1.69. The van der Waals surface area contributed by atoms with E-state index in [4.69, 9.17) is 10.3 Å². The minimum absolute atomic E-state index is 0.449. The lowest BCUT2D eigenvalue weighted by Crippen LogP contribution is -2.03. The fraction of sp³-hybridized carbons (Fsp3) is 0.143. The summed E-state index contributed by atoms with van der Waals surface area (Å²) in [5, 5.41) is 3.96. The summed E-state index contributed by atoms with van der Waals surface area (Å²) in [6.45, 7) is 0.573. The van der Waals surface area contributed by atoms with Gasteiger partial charge in [0, 0.05) is 11.8 Å². The molecule has 6 nitrogen and oxygen atoms in total. The smallest absolute Gasteiger partial charge is 0.258 e. The first-order chi connectivity index (χ1) is 9.88. The Kier molecular flexibility index (Phi) is 3.47. The molecule has 20 heavy (non-hydrogen) atoms. The zero-order valence-corrected chi connectivity index (χ0v) is 10.7. The first-order valence-electron chi connectivity index (χ1n) is 6.27. The number of rotatable bonds is 4. The summed E-state index contributed by atoms with van der Waals surface area (Å²) in [5.41, 5.74) is 8.25. The molecule has 0 fully saturated rings. The van der Waals surface area contributed by atoms with Gasteiger partial charge < -0.3 is 10.3 Å². The Hall–Kier alpha value is -2.60. The Labute approximate surface area is 115 Å². The van der Waals surface area contributed by atoms with Crippen molar-refractivity contribution >= 4 is 0 Å². The van der Waals surface area contributed by atoms with E-state index in [1.165, 1.54) is 6.33 Å². The van der Waals surface area contributed by atoms with E-state index in [0.29, 0.717) is 24.0 Å². The van der Waals surface area contributed by atoms with E-state index in [2.05, 4.69) is 20.1 Å². The minimum atomic E-state index is 0.449. The van der Waals surface area contributed by atoms with Crippen LogP contribution in [0, 0.1) is 0 Å². The monoisotopic (exact) mass is 267 g/mol. The summed E-state index contributed by atoms with van der Waals surface area (Å²) in [4.78, 5) is 12.3. The molecule has 3 aromatic rings. The van der Waals surface area contributed by atoms with Gasteiger partial charge in [0.1, 0.15) is 12.0 Å². The van der Waals surface area contributed by atoms with Crippen molar-refractivity contribution in [2.75, 3.05) is 6.54 Å². The van der Waals surface area contributed by atoms with Crippen LogP contribution >= 0.6 is 0 Å². The van der Waals surface area contributed by atoms with Crippen LogP contribution in [0.5, 0.6) is 0 Å². The van der Waals surface area contributed by atoms with Crippen LogP contribution in [0.2, 0.25) is 0 Å². The molecule has 0 amide bonds. The summed E-state index contributed by atoms with van der Waals surface area (Å²) in [5.74, 6) is 0.924. The van der Waals surface area contributed by atoms with Gasteiger partial charge >= 0.3 is 0 Å². The van der Waals surface area contributed by atoms with Gasteiger partial charge in [0.2, 0.25) is 5.82 Å². The highest BCUT2D eigenvalue weighted by Gasteiger charge is 2.13. The molecule has 0 bridgehead atoms. The van der Waals surface area contributed by atoms with Crippen molar-refractivity contribution in [1.29, 1.82) is 0 Å². The highest BCUT2D eigenvalue weighted by Crippen LogP contribution is 2.24. The molecule has 0 atom stereocenters. The number of hydrogen-bond donors (Lipinski definition) is 1. The van der Waals surface area contributed by atoms with Crippen LogP contribution in [-0.4, -0.2) is 26.7 Å². The third-order valence-electron chi connectivity index (χ3n) is 2.90. The first-order valence-corrected chi connectivity index (χ1v) is 6.27. The second-order valence-electron chi connectivity index (χ2n) is 4.21. The van der Waals surface area contributed by atoms with E-state index in [0.717, 1.165) is 17.5 Å². The SMILES string of the molecule is NCCc1ccccc1-c1nc(-c2ccncn2)no1. The summed E-state index contributed by atoms with van der Waals surface area (Å²) in [6, 6.07) is 9.60. The molecular weight excluding hydrogens is 254 g/mol. The Morgan fingerprint density at radius 2 is 2.05 bits per heavy atom. The quantitative estimate of drug-likeness (QED) is 0.773. The van der Waals surface area contributed by atoms with Crippen LogP contribution in [-0.2, 0) is 6.42 Å². The van der Waals surface area contributed by atoms with Gasteiger partial charge in [-0.3, -0.25) is 0 Å². The highest BCUT2D eigenvalue weighted by atomic mass is 16.5. The molecule has 0 spiro atoms. The molecule has 2 N–H and O–H groups in total. The summed E-state index contributed by atoms with van der Waals surface area (Å²) in [6.07, 6.45) is 3.86. The second kappa shape index (κ2) is 5.58. The maximum absolute atomic E-state index is 5.62. The topological polar surface area (TPSA) is 90.7 Å². The summed E-state index contributed by atoms with van der Waals surface area (Å²) in [7, 11) is 0. The second-order valence-corrected chi connectivity index (χ2v) is 4.21. The number of nitrogens with zero attached hydrogens (tertiary/aromatic N) is 4. The van der Waals surface area contributed by atoms with Crippen molar-refractivity contribution in [3.63, 3.8) is 0 Å². The molecule has 0 saturated carbocycles. The molecule has 1 aromatic carbocycles. The van der Waals surface area contributed by atoms with Crippen molar-refractivity contribution < 1.29 is 4.52 Å². The van der Waals surface area contributed by atoms with Crippen molar-refractivity contribution in [2.24, 2.45) is 5.73 Å². The molecule has 0 aliphatic rings. The third-order valence-corrected chi connectivity index (χ3v) is 2.90. The lowest BCUT2D eigenvalue weighted by Gasteiger charge is -2.03. The van der Waals surface area contributed by atoms with Crippen LogP contribution in [0.3, 0.4) is 0 Å². The molecule has 2 aromatic heterocycles. The Bertz CT molecular complexity index is 696. The fourth-order valence-corrected chi connectivity index (χ4v) is 1.96. The Balaban J connectivity index is 1.98. The maximum Gasteiger partial charge on any atom is 0.258 e. The molecule has 0 aliphatic heterocycles. The summed E-state index contributed by atoms with van der Waals surface area (Å²) < 4.78 is 5.33. The lowest BCUT2D eigenvalue weighted by atomic mass is 10.0. The van der Waals surface area contributed by atoms with Gasteiger partial charge in [-0.25, -0.2) is 9.97 Å². The van der Waals surface area contributed by atoms with E-state index < -0.39 is 0 Å². The minimum Gasteiger partial charge on any atom is -0.334 e. The lowest BCUT2D eigenvalue weighted by molar-refractivity contribution is 0.431. The van der Waals surface area contributed by atoms with E-state index >= 15 is 0 Å². The zero-order valence-electron chi connectivity index (χ0n) is 10.7. The molecular formula is C14H13N5O. The summed E-state index contributed by atoms with van der Waals surface area (Å²) >= 11 is 0.